The Morgan fingerprint density at radius 3 is 2.67 bits per heavy atom. The van der Waals surface area contributed by atoms with Crippen molar-refractivity contribution in [3.63, 3.8) is 0 Å². The van der Waals surface area contributed by atoms with E-state index in [-0.39, 0.29) is 5.43 Å². The molecule has 88 valence electrons. The van der Waals surface area contributed by atoms with Gasteiger partial charge < -0.3 is 5.21 Å². The molecule has 18 heavy (non-hydrogen) atoms. The van der Waals surface area contributed by atoms with Gasteiger partial charge in [-0.2, -0.15) is 0 Å². The molecule has 2 aromatic carbocycles. The summed E-state index contributed by atoms with van der Waals surface area (Å²) >= 11 is 1.59. The molecule has 0 aliphatic carbocycles. The zero-order valence-corrected chi connectivity index (χ0v) is 10.1. The molecule has 0 radical (unpaired) electrons. The second kappa shape index (κ2) is 4.23. The number of fused-ring (bicyclic) bond motifs is 2. The third-order valence-corrected chi connectivity index (χ3v) is 3.96. The molecule has 0 spiro atoms. The Labute approximate surface area is 107 Å². The quantitative estimate of drug-likeness (QED) is 0.314. The summed E-state index contributed by atoms with van der Waals surface area (Å²) in [6.07, 6.45) is 1.32. The lowest BCUT2D eigenvalue weighted by molar-refractivity contribution is 0.322. The Hall–Kier alpha value is -2.20. The van der Waals surface area contributed by atoms with Gasteiger partial charge in [-0.25, -0.2) is 0 Å². The van der Waals surface area contributed by atoms with Gasteiger partial charge in [0.2, 0.25) is 0 Å². The van der Waals surface area contributed by atoms with Crippen molar-refractivity contribution in [2.45, 2.75) is 0 Å². The Morgan fingerprint density at radius 1 is 1.06 bits per heavy atom. The van der Waals surface area contributed by atoms with Crippen molar-refractivity contribution in [2.24, 2.45) is 5.16 Å². The number of hydrogen-bond acceptors (Lipinski definition) is 4. The first-order valence-electron chi connectivity index (χ1n) is 5.42. The number of benzene rings is 2. The highest BCUT2D eigenvalue weighted by atomic mass is 32.1. The molecule has 4 heteroatoms. The van der Waals surface area contributed by atoms with Crippen molar-refractivity contribution in [3.05, 3.63) is 58.3 Å². The molecule has 0 unspecified atom stereocenters. The molecule has 3 rings (SSSR count). The molecular formula is C14H9NO2S. The SMILES string of the molecule is O=c1c2ccccc2sc2ccc(C=NO)cc12. The van der Waals surface area contributed by atoms with Crippen LogP contribution in [0.25, 0.3) is 20.2 Å². The fraction of sp³-hybridized carbons (Fsp3) is 0. The van der Waals surface area contributed by atoms with Crippen LogP contribution in [-0.2, 0) is 0 Å². The summed E-state index contributed by atoms with van der Waals surface area (Å²) < 4.78 is 1.92. The minimum Gasteiger partial charge on any atom is -0.411 e. The summed E-state index contributed by atoms with van der Waals surface area (Å²) in [5.74, 6) is 0. The van der Waals surface area contributed by atoms with Crippen molar-refractivity contribution in [1.29, 1.82) is 0 Å². The summed E-state index contributed by atoms with van der Waals surface area (Å²) in [6, 6.07) is 13.0. The smallest absolute Gasteiger partial charge is 0.195 e. The zero-order valence-electron chi connectivity index (χ0n) is 9.33. The molecule has 0 amide bonds. The molecule has 0 saturated carbocycles. The van der Waals surface area contributed by atoms with Crippen LogP contribution in [-0.4, -0.2) is 11.4 Å². The highest BCUT2D eigenvalue weighted by Gasteiger charge is 2.05. The summed E-state index contributed by atoms with van der Waals surface area (Å²) in [5, 5.41) is 12.9. The van der Waals surface area contributed by atoms with Crippen LogP contribution in [0.1, 0.15) is 5.56 Å². The Balaban J connectivity index is 2.45. The second-order valence-corrected chi connectivity index (χ2v) is 5.01. The van der Waals surface area contributed by atoms with Gasteiger partial charge in [-0.05, 0) is 29.8 Å². The van der Waals surface area contributed by atoms with Gasteiger partial charge in [0.1, 0.15) is 0 Å². The van der Waals surface area contributed by atoms with Crippen LogP contribution in [0.15, 0.2) is 52.4 Å². The molecule has 1 heterocycles. The molecule has 0 aliphatic rings. The van der Waals surface area contributed by atoms with E-state index >= 15 is 0 Å². The molecule has 0 fully saturated rings. The van der Waals surface area contributed by atoms with Crippen LogP contribution in [0.3, 0.4) is 0 Å². The predicted octanol–water partition coefficient (Wildman–Crippen LogP) is 3.22. The first-order chi connectivity index (χ1) is 8.79. The van der Waals surface area contributed by atoms with Crippen molar-refractivity contribution in [2.75, 3.05) is 0 Å². The van der Waals surface area contributed by atoms with Crippen molar-refractivity contribution in [3.8, 4) is 0 Å². The van der Waals surface area contributed by atoms with Gasteiger partial charge in [-0.3, -0.25) is 4.79 Å². The van der Waals surface area contributed by atoms with Crippen LogP contribution < -0.4 is 5.43 Å². The molecule has 0 atom stereocenters. The van der Waals surface area contributed by atoms with E-state index in [1.165, 1.54) is 6.21 Å². The monoisotopic (exact) mass is 255 g/mol. The Morgan fingerprint density at radius 2 is 1.83 bits per heavy atom. The van der Waals surface area contributed by atoms with Gasteiger partial charge in [-0.15, -0.1) is 11.3 Å². The topological polar surface area (TPSA) is 49.7 Å². The standard InChI is InChI=1S/C14H9NO2S/c16-14-10-3-1-2-4-12(10)18-13-6-5-9(8-15-17)7-11(13)14/h1-8,17H. The van der Waals surface area contributed by atoms with Crippen molar-refractivity contribution in [1.82, 2.24) is 0 Å². The fourth-order valence-electron chi connectivity index (χ4n) is 1.97. The maximum absolute atomic E-state index is 12.3. The van der Waals surface area contributed by atoms with Crippen LogP contribution in [0, 0.1) is 0 Å². The summed E-state index contributed by atoms with van der Waals surface area (Å²) in [4.78, 5) is 12.3. The van der Waals surface area contributed by atoms with Gasteiger partial charge in [0, 0.05) is 20.2 Å². The first-order valence-corrected chi connectivity index (χ1v) is 6.24. The Bertz CT molecular complexity index is 821. The maximum atomic E-state index is 12.3. The highest BCUT2D eigenvalue weighted by molar-refractivity contribution is 7.24. The molecule has 3 aromatic rings. The average Bonchev–Trinajstić information content (AvgIpc) is 2.40. The molecule has 0 bridgehead atoms. The molecule has 3 nitrogen and oxygen atoms in total. The molecular weight excluding hydrogens is 246 g/mol. The van der Waals surface area contributed by atoms with E-state index in [4.69, 9.17) is 5.21 Å². The number of nitrogens with zero attached hydrogens (tertiary/aromatic N) is 1. The van der Waals surface area contributed by atoms with E-state index < -0.39 is 0 Å². The molecule has 1 N–H and O–H groups in total. The number of oxime groups is 1. The van der Waals surface area contributed by atoms with Gasteiger partial charge >= 0.3 is 0 Å². The Kier molecular flexibility index (Phi) is 2.57. The van der Waals surface area contributed by atoms with Crippen LogP contribution in [0.5, 0.6) is 0 Å². The van der Waals surface area contributed by atoms with Crippen molar-refractivity contribution >= 4 is 37.7 Å². The van der Waals surface area contributed by atoms with Crippen molar-refractivity contribution < 1.29 is 5.21 Å². The minimum atomic E-state index is 0.0209. The third kappa shape index (κ3) is 1.67. The van der Waals surface area contributed by atoms with Crippen LogP contribution in [0.2, 0.25) is 0 Å². The van der Waals surface area contributed by atoms with E-state index in [1.807, 2.05) is 36.4 Å². The van der Waals surface area contributed by atoms with Crippen LogP contribution in [0.4, 0.5) is 0 Å². The lowest BCUT2D eigenvalue weighted by atomic mass is 10.1. The van der Waals surface area contributed by atoms with Gasteiger partial charge in [-0.1, -0.05) is 23.4 Å². The number of hydrogen-bond donors (Lipinski definition) is 1. The summed E-state index contributed by atoms with van der Waals surface area (Å²) in [6.45, 7) is 0. The fourth-order valence-corrected chi connectivity index (χ4v) is 3.02. The van der Waals surface area contributed by atoms with E-state index in [0.29, 0.717) is 10.9 Å². The molecule has 0 saturated heterocycles. The van der Waals surface area contributed by atoms with Gasteiger partial charge in [0.25, 0.3) is 0 Å². The summed E-state index contributed by atoms with van der Waals surface area (Å²) in [7, 11) is 0. The third-order valence-electron chi connectivity index (χ3n) is 2.81. The number of rotatable bonds is 1. The molecule has 1 aromatic heterocycles. The highest BCUT2D eigenvalue weighted by Crippen LogP contribution is 2.24. The lowest BCUT2D eigenvalue weighted by Gasteiger charge is -2.01. The van der Waals surface area contributed by atoms with Gasteiger partial charge in [0.05, 0.1) is 6.21 Å². The predicted molar refractivity (Wildman–Crippen MR) is 75.0 cm³/mol. The normalized spacial score (nSPS) is 11.6. The lowest BCUT2D eigenvalue weighted by Crippen LogP contribution is -2.01. The second-order valence-electron chi connectivity index (χ2n) is 3.93. The zero-order chi connectivity index (χ0) is 12.5. The summed E-state index contributed by atoms with van der Waals surface area (Å²) in [5.41, 5.74) is 0.733. The van der Waals surface area contributed by atoms with Gasteiger partial charge in [0.15, 0.2) is 5.43 Å². The van der Waals surface area contributed by atoms with Crippen LogP contribution >= 0.6 is 11.3 Å². The minimum absolute atomic E-state index is 0.0209. The van der Waals surface area contributed by atoms with E-state index in [9.17, 15) is 4.79 Å². The van der Waals surface area contributed by atoms with E-state index in [0.717, 1.165) is 14.8 Å². The largest absolute Gasteiger partial charge is 0.411 e. The van der Waals surface area contributed by atoms with E-state index in [1.54, 1.807) is 17.4 Å². The maximum Gasteiger partial charge on any atom is 0.195 e. The average molecular weight is 255 g/mol. The van der Waals surface area contributed by atoms with E-state index in [2.05, 4.69) is 5.16 Å². The molecule has 0 aliphatic heterocycles. The first kappa shape index (κ1) is 10.9.